The SMILES string of the molecule is CC(=O)C1C(=O)C(C(C)C)[C@@]2(C)C[C@@]3(C)Cc4c(C(C)=CCCC(C)C)ccc(O)c4C(=O)C3C(=O)[C@@]2(O)C1=O. The molecule has 1 aromatic rings. The summed E-state index contributed by atoms with van der Waals surface area (Å²) in [4.78, 5) is 68.3. The summed E-state index contributed by atoms with van der Waals surface area (Å²) in [5.74, 6) is -8.20. The summed E-state index contributed by atoms with van der Waals surface area (Å²) >= 11 is 0. The van der Waals surface area contributed by atoms with E-state index in [0.717, 1.165) is 30.9 Å². The molecule has 216 valence electrons. The van der Waals surface area contributed by atoms with Crippen molar-refractivity contribution in [1.29, 1.82) is 0 Å². The molecule has 0 radical (unpaired) electrons. The molecule has 2 fully saturated rings. The predicted octanol–water partition coefficient (Wildman–Crippen LogP) is 4.93. The molecule has 0 aliphatic heterocycles. The number of carbonyl (C=O) groups is 5. The molecular weight excluding hydrogens is 508 g/mol. The van der Waals surface area contributed by atoms with Crippen molar-refractivity contribution < 1.29 is 34.2 Å². The molecular formula is C33H42O7. The Labute approximate surface area is 236 Å². The first-order valence-corrected chi connectivity index (χ1v) is 14.4. The number of carbonyl (C=O) groups excluding carboxylic acids is 5. The molecule has 4 rings (SSSR count). The monoisotopic (exact) mass is 550 g/mol. The highest BCUT2D eigenvalue weighted by atomic mass is 16.3. The number of phenols is 1. The van der Waals surface area contributed by atoms with Gasteiger partial charge in [0.1, 0.15) is 17.5 Å². The number of phenolic OH excluding ortho intramolecular Hbond substituents is 1. The number of allylic oxidation sites excluding steroid dienone is 2. The molecule has 1 aromatic carbocycles. The van der Waals surface area contributed by atoms with Crippen molar-refractivity contribution in [2.75, 3.05) is 0 Å². The highest BCUT2D eigenvalue weighted by Crippen LogP contribution is 2.64. The van der Waals surface area contributed by atoms with Crippen LogP contribution in [0.3, 0.4) is 0 Å². The Hall–Kier alpha value is -2.93. The molecule has 0 heterocycles. The van der Waals surface area contributed by atoms with Gasteiger partial charge in [0.05, 0.1) is 11.5 Å². The summed E-state index contributed by atoms with van der Waals surface area (Å²) in [5, 5.41) is 22.9. The van der Waals surface area contributed by atoms with Crippen molar-refractivity contribution in [3.8, 4) is 5.75 Å². The number of hydrogen-bond donors (Lipinski definition) is 2. The molecule has 7 heteroatoms. The number of fused-ring (bicyclic) bond motifs is 3. The average Bonchev–Trinajstić information content (AvgIpc) is 2.80. The van der Waals surface area contributed by atoms with Crippen LogP contribution in [-0.2, 0) is 25.6 Å². The average molecular weight is 551 g/mol. The van der Waals surface area contributed by atoms with Gasteiger partial charge < -0.3 is 10.2 Å². The van der Waals surface area contributed by atoms with Crippen LogP contribution in [0.25, 0.3) is 5.57 Å². The topological polar surface area (TPSA) is 126 Å². The van der Waals surface area contributed by atoms with E-state index in [2.05, 4.69) is 19.9 Å². The normalized spacial score (nSPS) is 34.2. The third-order valence-corrected chi connectivity index (χ3v) is 9.88. The van der Waals surface area contributed by atoms with Crippen LogP contribution in [0.5, 0.6) is 5.75 Å². The van der Waals surface area contributed by atoms with E-state index in [1.54, 1.807) is 33.8 Å². The van der Waals surface area contributed by atoms with E-state index < -0.39 is 63.1 Å². The number of hydrogen-bond acceptors (Lipinski definition) is 7. The molecule has 0 saturated heterocycles. The number of rotatable bonds is 6. The summed E-state index contributed by atoms with van der Waals surface area (Å²) in [6.07, 6.45) is 4.27. The minimum atomic E-state index is -2.68. The number of aliphatic hydroxyl groups is 1. The Morgan fingerprint density at radius 1 is 1.05 bits per heavy atom. The molecule has 0 aromatic heterocycles. The lowest BCUT2D eigenvalue weighted by molar-refractivity contribution is -0.205. The van der Waals surface area contributed by atoms with Gasteiger partial charge in [0.15, 0.2) is 28.7 Å². The molecule has 6 atom stereocenters. The maximum atomic E-state index is 14.3. The fraction of sp³-hybridized carbons (Fsp3) is 0.606. The van der Waals surface area contributed by atoms with Gasteiger partial charge in [-0.1, -0.05) is 53.7 Å². The van der Waals surface area contributed by atoms with Gasteiger partial charge in [0.2, 0.25) is 0 Å². The maximum absolute atomic E-state index is 14.3. The largest absolute Gasteiger partial charge is 0.507 e. The van der Waals surface area contributed by atoms with Crippen molar-refractivity contribution in [3.63, 3.8) is 0 Å². The van der Waals surface area contributed by atoms with Gasteiger partial charge in [-0.15, -0.1) is 0 Å². The second-order valence-electron chi connectivity index (χ2n) is 13.7. The molecule has 3 aliphatic rings. The third-order valence-electron chi connectivity index (χ3n) is 9.88. The van der Waals surface area contributed by atoms with Crippen molar-refractivity contribution in [3.05, 3.63) is 34.9 Å². The van der Waals surface area contributed by atoms with Crippen LogP contribution in [0, 0.1) is 40.4 Å². The lowest BCUT2D eigenvalue weighted by Crippen LogP contribution is -2.76. The van der Waals surface area contributed by atoms with E-state index in [-0.39, 0.29) is 30.1 Å². The second-order valence-corrected chi connectivity index (χ2v) is 13.7. The molecule has 3 aliphatic carbocycles. The Balaban J connectivity index is 1.92. The first kappa shape index (κ1) is 30.0. The molecule has 0 amide bonds. The first-order chi connectivity index (χ1) is 18.4. The van der Waals surface area contributed by atoms with Gasteiger partial charge in [-0.25, -0.2) is 0 Å². The van der Waals surface area contributed by atoms with Crippen molar-refractivity contribution in [2.24, 2.45) is 40.4 Å². The van der Waals surface area contributed by atoms with Crippen LogP contribution in [0.15, 0.2) is 18.2 Å². The van der Waals surface area contributed by atoms with Gasteiger partial charge in [-0.3, -0.25) is 24.0 Å². The summed E-state index contributed by atoms with van der Waals surface area (Å²) in [6, 6.07) is 3.24. The molecule has 2 N–H and O–H groups in total. The van der Waals surface area contributed by atoms with Crippen LogP contribution < -0.4 is 0 Å². The van der Waals surface area contributed by atoms with E-state index in [4.69, 9.17) is 0 Å². The Kier molecular flexibility index (Phi) is 7.41. The lowest BCUT2D eigenvalue weighted by Gasteiger charge is -2.61. The molecule has 7 nitrogen and oxygen atoms in total. The first-order valence-electron chi connectivity index (χ1n) is 14.4. The van der Waals surface area contributed by atoms with E-state index in [0.29, 0.717) is 11.5 Å². The summed E-state index contributed by atoms with van der Waals surface area (Å²) in [7, 11) is 0. The summed E-state index contributed by atoms with van der Waals surface area (Å²) in [5.41, 5.74) is -2.76. The minimum Gasteiger partial charge on any atom is -0.507 e. The third kappa shape index (κ3) is 4.07. The summed E-state index contributed by atoms with van der Waals surface area (Å²) in [6.45, 7) is 14.3. The highest BCUT2D eigenvalue weighted by Gasteiger charge is 2.76. The number of Topliss-reactive ketones (excluding diaryl/α,β-unsaturated/α-hetero) is 5. The van der Waals surface area contributed by atoms with E-state index in [9.17, 15) is 34.2 Å². The standard InChI is InChI=1S/C33H42O7/c1-16(2)10-9-11-18(5)20-12-13-22(35)24-21(20)14-31(7)15-32(8)25(17(3)4)27(36)23(19(6)34)29(38)33(32,40)30(39)26(31)28(24)37/h11-13,16-17,23,25-26,35,40H,9-10,14-15H2,1-8H3/t23?,25?,26?,31-,32-,33+/m1/s1. The van der Waals surface area contributed by atoms with Crippen molar-refractivity contribution in [2.45, 2.75) is 86.7 Å². The molecule has 0 spiro atoms. The number of ketones is 5. The maximum Gasteiger partial charge on any atom is 0.190 e. The smallest absolute Gasteiger partial charge is 0.190 e. The predicted molar refractivity (Wildman–Crippen MR) is 151 cm³/mol. The van der Waals surface area contributed by atoms with Crippen molar-refractivity contribution in [1.82, 2.24) is 0 Å². The van der Waals surface area contributed by atoms with Crippen LogP contribution in [0.4, 0.5) is 0 Å². The van der Waals surface area contributed by atoms with Crippen LogP contribution in [0.1, 0.15) is 96.1 Å². The zero-order chi connectivity index (χ0) is 30.1. The Morgan fingerprint density at radius 3 is 2.23 bits per heavy atom. The van der Waals surface area contributed by atoms with Gasteiger partial charge in [0, 0.05) is 11.3 Å². The summed E-state index contributed by atoms with van der Waals surface area (Å²) < 4.78 is 0. The van der Waals surface area contributed by atoms with E-state index >= 15 is 0 Å². The van der Waals surface area contributed by atoms with Gasteiger partial charge in [0.25, 0.3) is 0 Å². The molecule has 2 saturated carbocycles. The molecule has 0 bridgehead atoms. The number of benzene rings is 1. The zero-order valence-corrected chi connectivity index (χ0v) is 24.9. The highest BCUT2D eigenvalue weighted by molar-refractivity contribution is 6.32. The fourth-order valence-corrected chi connectivity index (χ4v) is 8.25. The van der Waals surface area contributed by atoms with Crippen LogP contribution in [0.2, 0.25) is 0 Å². The fourth-order valence-electron chi connectivity index (χ4n) is 8.25. The number of aromatic hydroxyl groups is 1. The quantitative estimate of drug-likeness (QED) is 0.481. The van der Waals surface area contributed by atoms with Crippen molar-refractivity contribution >= 4 is 34.5 Å². The van der Waals surface area contributed by atoms with Crippen LogP contribution >= 0.6 is 0 Å². The lowest BCUT2D eigenvalue weighted by atomic mass is 9.40. The Bertz CT molecular complexity index is 1350. The molecule has 40 heavy (non-hydrogen) atoms. The van der Waals surface area contributed by atoms with E-state index in [1.807, 2.05) is 6.92 Å². The van der Waals surface area contributed by atoms with Gasteiger partial charge in [-0.05, 0) is 79.5 Å². The van der Waals surface area contributed by atoms with E-state index in [1.165, 1.54) is 6.07 Å². The second kappa shape index (κ2) is 9.86. The van der Waals surface area contributed by atoms with Gasteiger partial charge in [-0.2, -0.15) is 0 Å². The Morgan fingerprint density at radius 2 is 1.68 bits per heavy atom. The van der Waals surface area contributed by atoms with Crippen LogP contribution in [-0.4, -0.2) is 44.7 Å². The van der Waals surface area contributed by atoms with Gasteiger partial charge >= 0.3 is 0 Å². The minimum absolute atomic E-state index is 0.0417. The molecule has 3 unspecified atom stereocenters. The zero-order valence-electron chi connectivity index (χ0n) is 24.9.